The molecule has 1 fully saturated rings. The molecule has 0 bridgehead atoms. The molecule has 0 spiro atoms. The fourth-order valence-electron chi connectivity index (χ4n) is 3.57. The highest BCUT2D eigenvalue weighted by molar-refractivity contribution is 5.96. The second-order valence-electron chi connectivity index (χ2n) is 7.21. The number of hydrogen-bond donors (Lipinski definition) is 2. The van der Waals surface area contributed by atoms with E-state index in [9.17, 15) is 19.5 Å². The molecular weight excluding hydrogens is 376 g/mol. The number of benzene rings is 1. The van der Waals surface area contributed by atoms with Gasteiger partial charge in [0.1, 0.15) is 0 Å². The summed E-state index contributed by atoms with van der Waals surface area (Å²) in [6.07, 6.45) is 0.731. The van der Waals surface area contributed by atoms with Crippen LogP contribution >= 0.6 is 0 Å². The highest BCUT2D eigenvalue weighted by Gasteiger charge is 2.32. The number of amides is 3. The maximum atomic E-state index is 12.8. The summed E-state index contributed by atoms with van der Waals surface area (Å²) in [4.78, 5) is 39.6. The van der Waals surface area contributed by atoms with Crippen molar-refractivity contribution in [3.63, 3.8) is 0 Å². The molecule has 9 heteroatoms. The quantitative estimate of drug-likeness (QED) is 0.695. The smallest absolute Gasteiger partial charge is 0.292 e. The highest BCUT2D eigenvalue weighted by atomic mass is 16.5. The van der Waals surface area contributed by atoms with E-state index in [0.29, 0.717) is 19.6 Å². The van der Waals surface area contributed by atoms with Gasteiger partial charge < -0.3 is 25.2 Å². The molecular formula is C20H24N4O5. The molecule has 2 unspecified atom stereocenters. The van der Waals surface area contributed by atoms with E-state index >= 15 is 0 Å². The molecule has 1 aromatic heterocycles. The van der Waals surface area contributed by atoms with Crippen LogP contribution in [0.3, 0.4) is 0 Å². The summed E-state index contributed by atoms with van der Waals surface area (Å²) in [6, 6.07) is 10.4. The molecule has 2 heterocycles. The van der Waals surface area contributed by atoms with Crippen LogP contribution in [0.4, 0.5) is 0 Å². The third-order valence-corrected chi connectivity index (χ3v) is 5.14. The summed E-state index contributed by atoms with van der Waals surface area (Å²) in [5, 5.41) is 13.2. The number of likely N-dealkylation sites (N-methyl/N-ethyl adjacent to an activating group) is 1. The maximum Gasteiger partial charge on any atom is 0.292 e. The third-order valence-electron chi connectivity index (χ3n) is 5.14. The minimum absolute atomic E-state index is 0.0340. The summed E-state index contributed by atoms with van der Waals surface area (Å²) < 4.78 is 4.92. The lowest BCUT2D eigenvalue weighted by molar-refractivity contribution is -0.133. The van der Waals surface area contributed by atoms with Crippen LogP contribution in [0.25, 0.3) is 0 Å². The first-order chi connectivity index (χ1) is 13.9. The monoisotopic (exact) mass is 400 g/mol. The molecule has 3 amide bonds. The Morgan fingerprint density at radius 2 is 2.07 bits per heavy atom. The van der Waals surface area contributed by atoms with Crippen molar-refractivity contribution in [2.24, 2.45) is 11.7 Å². The van der Waals surface area contributed by atoms with Crippen molar-refractivity contribution in [1.29, 1.82) is 0 Å². The first-order valence-electron chi connectivity index (χ1n) is 9.37. The van der Waals surface area contributed by atoms with Crippen LogP contribution in [-0.2, 0) is 4.79 Å². The molecule has 1 aliphatic heterocycles. The Morgan fingerprint density at radius 1 is 1.34 bits per heavy atom. The van der Waals surface area contributed by atoms with Gasteiger partial charge in [-0.05, 0) is 17.9 Å². The Morgan fingerprint density at radius 3 is 2.69 bits per heavy atom. The van der Waals surface area contributed by atoms with Gasteiger partial charge in [-0.25, -0.2) is 0 Å². The number of primary amides is 1. The van der Waals surface area contributed by atoms with Gasteiger partial charge in [0, 0.05) is 32.7 Å². The molecule has 3 N–H and O–H groups in total. The summed E-state index contributed by atoms with van der Waals surface area (Å²) in [5.41, 5.74) is 5.80. The van der Waals surface area contributed by atoms with Crippen LogP contribution in [0, 0.1) is 5.92 Å². The van der Waals surface area contributed by atoms with E-state index in [1.54, 1.807) is 16.8 Å². The predicted molar refractivity (Wildman–Crippen MR) is 103 cm³/mol. The number of carbonyl (C=O) groups excluding carboxylic acids is 3. The number of aliphatic hydroxyl groups is 1. The zero-order valence-electron chi connectivity index (χ0n) is 16.2. The van der Waals surface area contributed by atoms with Crippen molar-refractivity contribution in [3.05, 3.63) is 53.4 Å². The van der Waals surface area contributed by atoms with E-state index < -0.39 is 11.8 Å². The molecule has 9 nitrogen and oxygen atoms in total. The normalized spacial score (nSPS) is 17.2. The second-order valence-corrected chi connectivity index (χ2v) is 7.21. The van der Waals surface area contributed by atoms with E-state index in [4.69, 9.17) is 10.3 Å². The van der Waals surface area contributed by atoms with Gasteiger partial charge in [0.2, 0.25) is 11.7 Å². The minimum Gasteiger partial charge on any atom is -0.395 e. The van der Waals surface area contributed by atoms with E-state index in [2.05, 4.69) is 5.16 Å². The number of rotatable bonds is 7. The third kappa shape index (κ3) is 4.62. The van der Waals surface area contributed by atoms with Gasteiger partial charge in [0.15, 0.2) is 5.69 Å². The maximum absolute atomic E-state index is 12.8. The fraction of sp³-hybridized carbons (Fsp3) is 0.400. The van der Waals surface area contributed by atoms with Crippen molar-refractivity contribution in [2.45, 2.75) is 12.3 Å². The van der Waals surface area contributed by atoms with Crippen LogP contribution in [0.1, 0.15) is 38.9 Å². The van der Waals surface area contributed by atoms with Crippen LogP contribution in [0.2, 0.25) is 0 Å². The topological polar surface area (TPSA) is 130 Å². The number of aromatic nitrogens is 1. The Bertz CT molecular complexity index is 882. The van der Waals surface area contributed by atoms with Crippen LogP contribution in [-0.4, -0.2) is 71.1 Å². The standard InChI is InChI=1S/C20H24N4O5/c1-23(19(27)15(12-25)14-5-3-2-4-6-14)10-13-7-8-24(11-13)20(28)17-9-16(18(21)26)22-29-17/h2-6,9,13,15,25H,7-8,10-12H2,1H3,(H2,21,26). The summed E-state index contributed by atoms with van der Waals surface area (Å²) >= 11 is 0. The summed E-state index contributed by atoms with van der Waals surface area (Å²) in [7, 11) is 1.70. The lowest BCUT2D eigenvalue weighted by atomic mass is 9.98. The van der Waals surface area contributed by atoms with E-state index in [1.165, 1.54) is 6.07 Å². The number of aliphatic hydroxyl groups excluding tert-OH is 1. The number of nitrogens with two attached hydrogens (primary N) is 1. The average molecular weight is 400 g/mol. The van der Waals surface area contributed by atoms with Crippen molar-refractivity contribution in [2.75, 3.05) is 33.3 Å². The van der Waals surface area contributed by atoms with Gasteiger partial charge in [-0.15, -0.1) is 0 Å². The number of likely N-dealkylation sites (tertiary alicyclic amines) is 1. The SMILES string of the molecule is CN(CC1CCN(C(=O)c2cc(C(N)=O)no2)C1)C(=O)C(CO)c1ccccc1. The molecule has 1 saturated heterocycles. The molecule has 2 atom stereocenters. The Hall–Kier alpha value is -3.20. The van der Waals surface area contributed by atoms with Crippen LogP contribution in [0.15, 0.2) is 40.9 Å². The van der Waals surface area contributed by atoms with E-state index in [0.717, 1.165) is 12.0 Å². The van der Waals surface area contributed by atoms with Crippen molar-refractivity contribution in [1.82, 2.24) is 15.0 Å². The highest BCUT2D eigenvalue weighted by Crippen LogP contribution is 2.22. The van der Waals surface area contributed by atoms with Crippen molar-refractivity contribution >= 4 is 17.7 Å². The number of hydrogen-bond acceptors (Lipinski definition) is 6. The molecule has 0 aliphatic carbocycles. The van der Waals surface area contributed by atoms with E-state index in [1.807, 2.05) is 30.3 Å². The molecule has 1 aromatic carbocycles. The molecule has 1 aliphatic rings. The van der Waals surface area contributed by atoms with Crippen molar-refractivity contribution < 1.29 is 24.0 Å². The van der Waals surface area contributed by atoms with Gasteiger partial charge in [-0.3, -0.25) is 14.4 Å². The Balaban J connectivity index is 1.57. The molecule has 29 heavy (non-hydrogen) atoms. The van der Waals surface area contributed by atoms with Gasteiger partial charge in [0.05, 0.1) is 12.5 Å². The van der Waals surface area contributed by atoms with E-state index in [-0.39, 0.29) is 35.8 Å². The van der Waals surface area contributed by atoms with Gasteiger partial charge in [-0.2, -0.15) is 0 Å². The van der Waals surface area contributed by atoms with Crippen molar-refractivity contribution in [3.8, 4) is 0 Å². The largest absolute Gasteiger partial charge is 0.395 e. The van der Waals surface area contributed by atoms with Crippen LogP contribution in [0.5, 0.6) is 0 Å². The number of carbonyl (C=O) groups is 3. The van der Waals surface area contributed by atoms with Crippen LogP contribution < -0.4 is 5.73 Å². The Kier molecular flexibility index (Phi) is 6.28. The molecule has 0 radical (unpaired) electrons. The van der Waals surface area contributed by atoms with Gasteiger partial charge in [0.25, 0.3) is 11.8 Å². The average Bonchev–Trinajstić information content (AvgIpc) is 3.39. The zero-order valence-corrected chi connectivity index (χ0v) is 16.2. The second kappa shape index (κ2) is 8.87. The lowest BCUT2D eigenvalue weighted by Crippen LogP contribution is -2.38. The molecule has 3 rings (SSSR count). The Labute approximate surface area is 168 Å². The van der Waals surface area contributed by atoms with Gasteiger partial charge >= 0.3 is 0 Å². The zero-order chi connectivity index (χ0) is 21.0. The predicted octanol–water partition coefficient (Wildman–Crippen LogP) is 0.470. The molecule has 0 saturated carbocycles. The summed E-state index contributed by atoms with van der Waals surface area (Å²) in [6.45, 7) is 1.17. The summed E-state index contributed by atoms with van der Waals surface area (Å²) in [5.74, 6) is -1.83. The molecule has 154 valence electrons. The first-order valence-corrected chi connectivity index (χ1v) is 9.37. The van der Waals surface area contributed by atoms with Gasteiger partial charge in [-0.1, -0.05) is 35.5 Å². The lowest BCUT2D eigenvalue weighted by Gasteiger charge is -2.25. The molecule has 2 aromatic rings. The first kappa shape index (κ1) is 20.5. The minimum atomic E-state index is -0.760. The fourth-order valence-corrected chi connectivity index (χ4v) is 3.57. The number of nitrogens with zero attached hydrogens (tertiary/aromatic N) is 3.